The minimum Gasteiger partial charge on any atom is -0.391 e. The highest BCUT2D eigenvalue weighted by atomic mass is 16.3. The number of amides is 1. The predicted octanol–water partition coefficient (Wildman–Crippen LogP) is 1.01. The van der Waals surface area contributed by atoms with Crippen molar-refractivity contribution in [3.05, 3.63) is 30.4 Å². The van der Waals surface area contributed by atoms with Crippen molar-refractivity contribution in [2.24, 2.45) is 7.05 Å². The fourth-order valence-corrected chi connectivity index (χ4v) is 3.17. The van der Waals surface area contributed by atoms with E-state index >= 15 is 0 Å². The minimum atomic E-state index is -0.499. The lowest BCUT2D eigenvalue weighted by atomic mass is 9.83. The van der Waals surface area contributed by atoms with Gasteiger partial charge in [0.05, 0.1) is 12.1 Å². The average molecular weight is 315 g/mol. The normalized spacial score (nSPS) is 24.4. The SMILES string of the molecule is CC(=O)N[C@@H]1C[C@@H](c2nc(-c3cccnc3)nn2C)CC[C@H]1O. The maximum absolute atomic E-state index is 11.3. The van der Waals surface area contributed by atoms with E-state index < -0.39 is 6.10 Å². The lowest BCUT2D eigenvalue weighted by molar-refractivity contribution is -0.121. The molecule has 3 atom stereocenters. The van der Waals surface area contributed by atoms with E-state index in [0.29, 0.717) is 18.7 Å². The summed E-state index contributed by atoms with van der Waals surface area (Å²) in [4.78, 5) is 20.1. The van der Waals surface area contributed by atoms with Crippen molar-refractivity contribution >= 4 is 5.91 Å². The quantitative estimate of drug-likeness (QED) is 0.882. The first-order valence-electron chi connectivity index (χ1n) is 7.81. The zero-order chi connectivity index (χ0) is 16.4. The molecule has 0 bridgehead atoms. The molecule has 1 saturated carbocycles. The summed E-state index contributed by atoms with van der Waals surface area (Å²) in [5.74, 6) is 1.57. The second-order valence-corrected chi connectivity index (χ2v) is 6.04. The van der Waals surface area contributed by atoms with E-state index in [1.165, 1.54) is 6.92 Å². The van der Waals surface area contributed by atoms with E-state index in [0.717, 1.165) is 17.8 Å². The van der Waals surface area contributed by atoms with Gasteiger partial charge in [0, 0.05) is 37.8 Å². The van der Waals surface area contributed by atoms with E-state index in [1.807, 2.05) is 19.2 Å². The van der Waals surface area contributed by atoms with Gasteiger partial charge in [-0.05, 0) is 31.4 Å². The van der Waals surface area contributed by atoms with Crippen molar-refractivity contribution in [1.82, 2.24) is 25.1 Å². The Balaban J connectivity index is 1.81. The van der Waals surface area contributed by atoms with Gasteiger partial charge in [-0.3, -0.25) is 14.5 Å². The van der Waals surface area contributed by atoms with Crippen molar-refractivity contribution in [2.45, 2.75) is 44.2 Å². The first-order chi connectivity index (χ1) is 11.0. The molecule has 0 spiro atoms. The maximum atomic E-state index is 11.3. The summed E-state index contributed by atoms with van der Waals surface area (Å²) in [5, 5.41) is 17.4. The van der Waals surface area contributed by atoms with E-state index in [1.54, 1.807) is 17.1 Å². The number of carbonyl (C=O) groups is 1. The number of nitrogens with zero attached hydrogens (tertiary/aromatic N) is 4. The smallest absolute Gasteiger partial charge is 0.217 e. The van der Waals surface area contributed by atoms with E-state index in [9.17, 15) is 9.90 Å². The van der Waals surface area contributed by atoms with Gasteiger partial charge in [0.15, 0.2) is 5.82 Å². The molecule has 7 heteroatoms. The number of hydrogen-bond acceptors (Lipinski definition) is 5. The van der Waals surface area contributed by atoms with Gasteiger partial charge in [-0.1, -0.05) is 0 Å². The first kappa shape index (κ1) is 15.6. The number of pyridine rings is 1. The molecule has 122 valence electrons. The van der Waals surface area contributed by atoms with Gasteiger partial charge in [-0.25, -0.2) is 4.98 Å². The van der Waals surface area contributed by atoms with Crippen LogP contribution in [0.2, 0.25) is 0 Å². The number of nitrogens with one attached hydrogen (secondary N) is 1. The zero-order valence-corrected chi connectivity index (χ0v) is 13.3. The Morgan fingerprint density at radius 2 is 2.26 bits per heavy atom. The number of aromatic nitrogens is 4. The van der Waals surface area contributed by atoms with Gasteiger partial charge in [-0.2, -0.15) is 5.10 Å². The van der Waals surface area contributed by atoms with Gasteiger partial charge >= 0.3 is 0 Å². The van der Waals surface area contributed by atoms with Gasteiger partial charge in [0.1, 0.15) is 5.82 Å². The molecule has 2 aromatic rings. The molecule has 0 aromatic carbocycles. The molecular weight excluding hydrogens is 294 g/mol. The predicted molar refractivity (Wildman–Crippen MR) is 84.4 cm³/mol. The molecular formula is C16H21N5O2. The third kappa shape index (κ3) is 3.39. The molecule has 2 N–H and O–H groups in total. The first-order valence-corrected chi connectivity index (χ1v) is 7.81. The van der Waals surface area contributed by atoms with Crippen LogP contribution in [-0.4, -0.2) is 42.9 Å². The van der Waals surface area contributed by atoms with Crippen LogP contribution >= 0.6 is 0 Å². The molecule has 1 aliphatic carbocycles. The Bertz CT molecular complexity index is 685. The Morgan fingerprint density at radius 3 is 2.96 bits per heavy atom. The summed E-state index contributed by atoms with van der Waals surface area (Å²) < 4.78 is 1.79. The lowest BCUT2D eigenvalue weighted by Gasteiger charge is -2.33. The van der Waals surface area contributed by atoms with Crippen LogP contribution in [0.1, 0.15) is 37.9 Å². The van der Waals surface area contributed by atoms with Crippen LogP contribution in [0.3, 0.4) is 0 Å². The summed E-state index contributed by atoms with van der Waals surface area (Å²) in [5.41, 5.74) is 0.878. The van der Waals surface area contributed by atoms with Crippen molar-refractivity contribution in [1.29, 1.82) is 0 Å². The molecule has 3 rings (SSSR count). The molecule has 7 nitrogen and oxygen atoms in total. The molecule has 1 amide bonds. The van der Waals surface area contributed by atoms with Crippen LogP contribution in [-0.2, 0) is 11.8 Å². The summed E-state index contributed by atoms with van der Waals surface area (Å²) in [6.45, 7) is 1.47. The number of aliphatic hydroxyl groups is 1. The van der Waals surface area contributed by atoms with Crippen molar-refractivity contribution < 1.29 is 9.90 Å². The second kappa shape index (κ2) is 6.45. The van der Waals surface area contributed by atoms with Crippen LogP contribution in [0.4, 0.5) is 0 Å². The summed E-state index contributed by atoms with van der Waals surface area (Å²) in [6.07, 6.45) is 5.10. The van der Waals surface area contributed by atoms with Crippen molar-refractivity contribution in [3.8, 4) is 11.4 Å². The molecule has 23 heavy (non-hydrogen) atoms. The Kier molecular flexibility index (Phi) is 4.38. The van der Waals surface area contributed by atoms with Gasteiger partial charge < -0.3 is 10.4 Å². The minimum absolute atomic E-state index is 0.122. The molecule has 0 aliphatic heterocycles. The van der Waals surface area contributed by atoms with Gasteiger partial charge in [0.25, 0.3) is 0 Å². The fraction of sp³-hybridized carbons (Fsp3) is 0.500. The number of aryl methyl sites for hydroxylation is 1. The molecule has 0 saturated heterocycles. The molecule has 1 fully saturated rings. The Morgan fingerprint density at radius 1 is 1.43 bits per heavy atom. The van der Waals surface area contributed by atoms with E-state index in [2.05, 4.69) is 20.4 Å². The standard InChI is InChI=1S/C16H21N5O2/c1-10(22)18-13-8-11(5-6-14(13)23)16-19-15(20-21(16)2)12-4-3-7-17-9-12/h3-4,7,9,11,13-14,23H,5-6,8H2,1-2H3,(H,18,22)/t11-,13+,14+/m0/s1. The van der Waals surface area contributed by atoms with Crippen molar-refractivity contribution in [3.63, 3.8) is 0 Å². The van der Waals surface area contributed by atoms with Crippen molar-refractivity contribution in [2.75, 3.05) is 0 Å². The fourth-order valence-electron chi connectivity index (χ4n) is 3.17. The largest absolute Gasteiger partial charge is 0.391 e. The van der Waals surface area contributed by atoms with Gasteiger partial charge in [-0.15, -0.1) is 0 Å². The van der Waals surface area contributed by atoms with Gasteiger partial charge in [0.2, 0.25) is 5.91 Å². The van der Waals surface area contributed by atoms with E-state index in [4.69, 9.17) is 0 Å². The van der Waals surface area contributed by atoms with E-state index in [-0.39, 0.29) is 17.9 Å². The summed E-state index contributed by atoms with van der Waals surface area (Å²) >= 11 is 0. The lowest BCUT2D eigenvalue weighted by Crippen LogP contribution is -2.46. The average Bonchev–Trinajstić information content (AvgIpc) is 2.92. The topological polar surface area (TPSA) is 92.9 Å². The molecule has 2 aromatic heterocycles. The highest BCUT2D eigenvalue weighted by Crippen LogP contribution is 2.33. The second-order valence-electron chi connectivity index (χ2n) is 6.04. The number of carbonyl (C=O) groups excluding carboxylic acids is 1. The third-order valence-electron chi connectivity index (χ3n) is 4.28. The molecule has 1 aliphatic rings. The number of rotatable bonds is 3. The molecule has 0 radical (unpaired) electrons. The van der Waals surface area contributed by atoms with Crippen LogP contribution in [0.15, 0.2) is 24.5 Å². The van der Waals surface area contributed by atoms with Crippen LogP contribution in [0.25, 0.3) is 11.4 Å². The summed E-state index contributed by atoms with van der Waals surface area (Å²) in [7, 11) is 1.88. The number of aliphatic hydroxyl groups excluding tert-OH is 1. The zero-order valence-electron chi connectivity index (χ0n) is 13.3. The van der Waals surface area contributed by atoms with Crippen LogP contribution in [0, 0.1) is 0 Å². The maximum Gasteiger partial charge on any atom is 0.217 e. The Hall–Kier alpha value is -2.28. The monoisotopic (exact) mass is 315 g/mol. The third-order valence-corrected chi connectivity index (χ3v) is 4.28. The highest BCUT2D eigenvalue weighted by Gasteiger charge is 2.33. The van der Waals surface area contributed by atoms with Crippen LogP contribution in [0.5, 0.6) is 0 Å². The Labute approximate surface area is 134 Å². The molecule has 0 unspecified atom stereocenters. The van der Waals surface area contributed by atoms with Crippen LogP contribution < -0.4 is 5.32 Å². The summed E-state index contributed by atoms with van der Waals surface area (Å²) in [6, 6.07) is 3.55. The highest BCUT2D eigenvalue weighted by molar-refractivity contribution is 5.73. The molecule has 2 heterocycles. The number of hydrogen-bond donors (Lipinski definition) is 2.